The fourth-order valence-electron chi connectivity index (χ4n) is 0.360. The van der Waals surface area contributed by atoms with Crippen LogP contribution in [-0.2, 0) is 29.6 Å². The summed E-state index contributed by atoms with van der Waals surface area (Å²) in [5.74, 6) is -0.560. The quantitative estimate of drug-likeness (QED) is 0.353. The molecule has 0 N–H and O–H groups in total. The van der Waals surface area contributed by atoms with Crippen molar-refractivity contribution in [1.82, 2.24) is 0 Å². The summed E-state index contributed by atoms with van der Waals surface area (Å²) in [5.41, 5.74) is 0.262. The van der Waals surface area contributed by atoms with E-state index in [0.717, 1.165) is 0 Å². The summed E-state index contributed by atoms with van der Waals surface area (Å²) in [6.45, 7) is 4.56. The van der Waals surface area contributed by atoms with Crippen LogP contribution in [-0.4, -0.2) is 23.4 Å². The smallest absolute Gasteiger partial charge is 0.334 e. The van der Waals surface area contributed by atoms with Gasteiger partial charge in [-0.1, -0.05) is 11.1 Å². The number of ether oxygens (including phenoxy) is 1. The highest BCUT2D eigenvalue weighted by Gasteiger charge is 2.02. The Hall–Kier alpha value is -0.720. The first-order valence-corrected chi connectivity index (χ1v) is 4.09. The third kappa shape index (κ3) is 6.02. The molecular weight excluding hydrogens is 184 g/mol. The van der Waals surface area contributed by atoms with E-state index in [9.17, 15) is 13.6 Å². The van der Waals surface area contributed by atoms with Gasteiger partial charge in [-0.25, -0.2) is 4.79 Å². The predicted molar refractivity (Wildman–Crippen MR) is 40.6 cm³/mol. The van der Waals surface area contributed by atoms with Crippen LogP contribution in [0.15, 0.2) is 12.2 Å². The normalized spacial score (nSPS) is 12.2. The van der Waals surface area contributed by atoms with Gasteiger partial charge >= 0.3 is 17.3 Å². The third-order valence-electron chi connectivity index (χ3n) is 0.845. The van der Waals surface area contributed by atoms with Crippen LogP contribution in [0, 0.1) is 0 Å². The molecule has 0 aromatic heterocycles. The van der Waals surface area contributed by atoms with E-state index < -0.39 is 17.3 Å². The molecule has 0 amide bonds. The lowest BCUT2D eigenvalue weighted by atomic mass is 10.4. The van der Waals surface area contributed by atoms with E-state index in [2.05, 4.69) is 15.5 Å². The monoisotopic (exact) mass is 193 g/mol. The Morgan fingerprint density at radius 2 is 2.08 bits per heavy atom. The first-order valence-electron chi connectivity index (χ1n) is 3.09. The minimum absolute atomic E-state index is 0.0975. The molecule has 0 saturated carbocycles. The third-order valence-corrected chi connectivity index (χ3v) is 1.20. The van der Waals surface area contributed by atoms with Crippen molar-refractivity contribution >= 4 is 17.3 Å². The molecule has 1 atom stereocenters. The van der Waals surface area contributed by atoms with Gasteiger partial charge in [-0.15, -0.1) is 0 Å². The highest BCUT2D eigenvalue weighted by Crippen LogP contribution is 1.91. The SMILES string of the molecule is C=C(C)C(=O)OCCOS([O])=O. The Morgan fingerprint density at radius 1 is 1.50 bits per heavy atom. The minimum atomic E-state index is -2.55. The molecule has 0 fully saturated rings. The Labute approximate surface area is 72.8 Å². The first kappa shape index (κ1) is 11.3. The van der Waals surface area contributed by atoms with Gasteiger partial charge in [0.2, 0.25) is 0 Å². The van der Waals surface area contributed by atoms with Crippen molar-refractivity contribution in [3.8, 4) is 0 Å². The van der Waals surface area contributed by atoms with Gasteiger partial charge in [-0.2, -0.15) is 4.21 Å². The number of carbonyl (C=O) groups excluding carboxylic acids is 1. The van der Waals surface area contributed by atoms with Gasteiger partial charge in [0.15, 0.2) is 0 Å². The lowest BCUT2D eigenvalue weighted by Crippen LogP contribution is -2.11. The number of carbonyl (C=O) groups is 1. The molecule has 0 aromatic carbocycles. The first-order chi connectivity index (χ1) is 5.54. The highest BCUT2D eigenvalue weighted by molar-refractivity contribution is 7.73. The lowest BCUT2D eigenvalue weighted by molar-refractivity contribution is -0.139. The Kier molecular flexibility index (Phi) is 5.52. The van der Waals surface area contributed by atoms with E-state index in [-0.39, 0.29) is 18.8 Å². The van der Waals surface area contributed by atoms with Crippen molar-refractivity contribution in [3.05, 3.63) is 12.2 Å². The van der Waals surface area contributed by atoms with Gasteiger partial charge in [0.05, 0.1) is 0 Å². The lowest BCUT2D eigenvalue weighted by Gasteiger charge is -2.01. The number of rotatable bonds is 5. The molecule has 0 aliphatic carbocycles. The molecular formula is C6H9O5S. The van der Waals surface area contributed by atoms with Crippen LogP contribution in [0.25, 0.3) is 0 Å². The predicted octanol–water partition coefficient (Wildman–Crippen LogP) is 0.132. The molecule has 12 heavy (non-hydrogen) atoms. The molecule has 1 radical (unpaired) electrons. The van der Waals surface area contributed by atoms with E-state index in [1.54, 1.807) is 0 Å². The molecule has 6 heteroatoms. The summed E-state index contributed by atoms with van der Waals surface area (Å²) in [6.07, 6.45) is 0. The number of hydrogen-bond acceptors (Lipinski definition) is 4. The van der Waals surface area contributed by atoms with Crippen LogP contribution in [0.4, 0.5) is 0 Å². The van der Waals surface area contributed by atoms with Crippen molar-refractivity contribution in [3.63, 3.8) is 0 Å². The summed E-state index contributed by atoms with van der Waals surface area (Å²) in [7, 11) is 0. The highest BCUT2D eigenvalue weighted by atomic mass is 32.2. The summed E-state index contributed by atoms with van der Waals surface area (Å²) < 4.78 is 28.2. The zero-order valence-corrected chi connectivity index (χ0v) is 7.39. The summed E-state index contributed by atoms with van der Waals surface area (Å²) in [4.78, 5) is 10.7. The summed E-state index contributed by atoms with van der Waals surface area (Å²) in [6, 6.07) is 0. The van der Waals surface area contributed by atoms with Crippen molar-refractivity contribution in [1.29, 1.82) is 0 Å². The van der Waals surface area contributed by atoms with Crippen LogP contribution in [0.3, 0.4) is 0 Å². The Bertz CT molecular complexity index is 200. The molecule has 0 bridgehead atoms. The molecule has 69 valence electrons. The van der Waals surface area contributed by atoms with Crippen LogP contribution in [0.1, 0.15) is 6.92 Å². The molecule has 0 aromatic rings. The number of esters is 1. The van der Waals surface area contributed by atoms with Gasteiger partial charge in [0.1, 0.15) is 13.2 Å². The Balaban J connectivity index is 3.38. The maximum Gasteiger partial charge on any atom is 0.334 e. The van der Waals surface area contributed by atoms with Crippen molar-refractivity contribution in [2.24, 2.45) is 0 Å². The van der Waals surface area contributed by atoms with Gasteiger partial charge in [-0.05, 0) is 6.92 Å². The Morgan fingerprint density at radius 3 is 2.50 bits per heavy atom. The van der Waals surface area contributed by atoms with E-state index >= 15 is 0 Å². The minimum Gasteiger partial charge on any atom is -0.460 e. The average Bonchev–Trinajstić information content (AvgIpc) is 1.97. The van der Waals surface area contributed by atoms with Gasteiger partial charge in [-0.3, -0.25) is 4.18 Å². The zero-order valence-electron chi connectivity index (χ0n) is 6.57. The van der Waals surface area contributed by atoms with Crippen LogP contribution >= 0.6 is 0 Å². The van der Waals surface area contributed by atoms with Crippen LogP contribution < -0.4 is 0 Å². The van der Waals surface area contributed by atoms with Gasteiger partial charge in [0, 0.05) is 5.57 Å². The average molecular weight is 193 g/mol. The zero-order chi connectivity index (χ0) is 9.56. The molecule has 0 saturated heterocycles. The van der Waals surface area contributed by atoms with Crippen LogP contribution in [0.5, 0.6) is 0 Å². The largest absolute Gasteiger partial charge is 0.460 e. The summed E-state index contributed by atoms with van der Waals surface area (Å²) >= 11 is -2.55. The van der Waals surface area contributed by atoms with Crippen molar-refractivity contribution in [2.45, 2.75) is 6.92 Å². The molecule has 0 aliphatic heterocycles. The standard InChI is InChI=1S/C6H9O5S/c1-5(2)6(7)10-3-4-11-12(8)9/h1,3-4H2,2H3. The van der Waals surface area contributed by atoms with E-state index in [0.29, 0.717) is 0 Å². The maximum absolute atomic E-state index is 10.7. The second kappa shape index (κ2) is 5.87. The molecule has 5 nitrogen and oxygen atoms in total. The van der Waals surface area contributed by atoms with E-state index in [1.165, 1.54) is 6.92 Å². The second-order valence-corrected chi connectivity index (χ2v) is 2.59. The van der Waals surface area contributed by atoms with Gasteiger partial charge < -0.3 is 4.74 Å². The molecule has 0 spiro atoms. The molecule has 0 heterocycles. The summed E-state index contributed by atoms with van der Waals surface area (Å²) in [5, 5.41) is 0. The molecule has 1 unspecified atom stereocenters. The van der Waals surface area contributed by atoms with E-state index in [1.807, 2.05) is 0 Å². The topological polar surface area (TPSA) is 72.5 Å². The molecule has 0 rings (SSSR count). The molecule has 0 aliphatic rings. The fraction of sp³-hybridized carbons (Fsp3) is 0.500. The van der Waals surface area contributed by atoms with Crippen molar-refractivity contribution in [2.75, 3.05) is 13.2 Å². The van der Waals surface area contributed by atoms with Crippen molar-refractivity contribution < 1.29 is 22.5 Å². The second-order valence-electron chi connectivity index (χ2n) is 1.94. The van der Waals surface area contributed by atoms with Crippen LogP contribution in [0.2, 0.25) is 0 Å². The van der Waals surface area contributed by atoms with Gasteiger partial charge in [0.25, 0.3) is 0 Å². The van der Waals surface area contributed by atoms with E-state index in [4.69, 9.17) is 0 Å². The number of hydrogen-bond donors (Lipinski definition) is 0. The maximum atomic E-state index is 10.7. The fourth-order valence-corrected chi connectivity index (χ4v) is 0.564.